The topological polar surface area (TPSA) is 75.5 Å². The van der Waals surface area contributed by atoms with Crippen molar-refractivity contribution in [2.75, 3.05) is 24.5 Å². The zero-order valence-electron chi connectivity index (χ0n) is 14.7. The van der Waals surface area contributed by atoms with E-state index in [0.717, 1.165) is 51.0 Å². The van der Waals surface area contributed by atoms with Crippen LogP contribution in [-0.4, -0.2) is 30.5 Å². The van der Waals surface area contributed by atoms with Crippen LogP contribution in [0.15, 0.2) is 12.1 Å². The number of piperidine rings is 1. The number of amides is 1. The van der Waals surface area contributed by atoms with Crippen molar-refractivity contribution in [3.63, 3.8) is 0 Å². The number of carbonyl (C=O) groups is 1. The predicted molar refractivity (Wildman–Crippen MR) is 95.6 cm³/mol. The molecule has 1 aliphatic rings. The van der Waals surface area contributed by atoms with Crippen molar-refractivity contribution in [1.29, 1.82) is 0 Å². The summed E-state index contributed by atoms with van der Waals surface area (Å²) in [4.78, 5) is 24.8. The van der Waals surface area contributed by atoms with Gasteiger partial charge in [-0.25, -0.2) is 4.39 Å². The zero-order valence-corrected chi connectivity index (χ0v) is 14.7. The number of hydrogen-bond donors (Lipinski definition) is 1. The standard InChI is InChI=1S/C18H26FN3O3/c1-2-3-4-6-9-20-18(23)14-12-17(21-10-7-5-8-11-21)15(19)13-16(14)22(24)25/h12-13H,2-11H2,1H3,(H,20,23). The number of nitro groups is 1. The van der Waals surface area contributed by atoms with Crippen molar-refractivity contribution < 1.29 is 14.1 Å². The highest BCUT2D eigenvalue weighted by Gasteiger charge is 2.26. The van der Waals surface area contributed by atoms with Crippen LogP contribution in [0.25, 0.3) is 0 Å². The zero-order chi connectivity index (χ0) is 18.2. The number of nitro benzene ring substituents is 1. The molecule has 7 heteroatoms. The summed E-state index contributed by atoms with van der Waals surface area (Å²) < 4.78 is 14.4. The van der Waals surface area contributed by atoms with Crippen LogP contribution in [0.2, 0.25) is 0 Å². The van der Waals surface area contributed by atoms with E-state index in [1.807, 2.05) is 4.90 Å². The molecule has 0 saturated carbocycles. The fourth-order valence-corrected chi connectivity index (χ4v) is 3.11. The van der Waals surface area contributed by atoms with Crippen LogP contribution in [0.3, 0.4) is 0 Å². The number of benzene rings is 1. The highest BCUT2D eigenvalue weighted by Crippen LogP contribution is 2.30. The van der Waals surface area contributed by atoms with Gasteiger partial charge in [-0.1, -0.05) is 26.2 Å². The molecule has 0 spiro atoms. The van der Waals surface area contributed by atoms with E-state index in [2.05, 4.69) is 12.2 Å². The van der Waals surface area contributed by atoms with Gasteiger partial charge in [0, 0.05) is 19.6 Å². The molecule has 0 bridgehead atoms. The average molecular weight is 351 g/mol. The van der Waals surface area contributed by atoms with Gasteiger partial charge in [0.2, 0.25) is 0 Å². The molecule has 1 aromatic rings. The molecule has 0 aromatic heterocycles. The number of halogens is 1. The van der Waals surface area contributed by atoms with Gasteiger partial charge in [0.15, 0.2) is 5.82 Å². The minimum Gasteiger partial charge on any atom is -0.369 e. The molecule has 0 radical (unpaired) electrons. The van der Waals surface area contributed by atoms with Gasteiger partial charge in [0.1, 0.15) is 5.56 Å². The van der Waals surface area contributed by atoms with Crippen LogP contribution in [0.5, 0.6) is 0 Å². The minimum atomic E-state index is -0.699. The summed E-state index contributed by atoms with van der Waals surface area (Å²) in [5.74, 6) is -1.16. The SMILES string of the molecule is CCCCCCNC(=O)c1cc(N2CCCCC2)c(F)cc1[N+](=O)[O-]. The maximum Gasteiger partial charge on any atom is 0.285 e. The van der Waals surface area contributed by atoms with Gasteiger partial charge in [0.25, 0.3) is 11.6 Å². The van der Waals surface area contributed by atoms with Crippen molar-refractivity contribution >= 4 is 17.3 Å². The second-order valence-electron chi connectivity index (χ2n) is 6.44. The molecule has 1 saturated heterocycles. The molecular weight excluding hydrogens is 325 g/mol. The highest BCUT2D eigenvalue weighted by atomic mass is 19.1. The first-order valence-electron chi connectivity index (χ1n) is 9.05. The lowest BCUT2D eigenvalue weighted by atomic mass is 10.1. The summed E-state index contributed by atoms with van der Waals surface area (Å²) in [6.07, 6.45) is 7.01. The number of nitrogens with one attached hydrogen (secondary N) is 1. The summed E-state index contributed by atoms with van der Waals surface area (Å²) in [6, 6.07) is 2.20. The van der Waals surface area contributed by atoms with Crippen LogP contribution in [-0.2, 0) is 0 Å². The lowest BCUT2D eigenvalue weighted by Crippen LogP contribution is -2.31. The highest BCUT2D eigenvalue weighted by molar-refractivity contribution is 5.99. The molecule has 0 atom stereocenters. The average Bonchev–Trinajstić information content (AvgIpc) is 2.61. The molecule has 2 rings (SSSR count). The molecule has 1 N–H and O–H groups in total. The van der Waals surface area contributed by atoms with E-state index < -0.39 is 22.3 Å². The third-order valence-electron chi connectivity index (χ3n) is 4.52. The quantitative estimate of drug-likeness (QED) is 0.436. The van der Waals surface area contributed by atoms with E-state index in [9.17, 15) is 19.3 Å². The van der Waals surface area contributed by atoms with Crippen molar-refractivity contribution in [2.45, 2.75) is 51.9 Å². The molecule has 1 aromatic carbocycles. The van der Waals surface area contributed by atoms with Gasteiger partial charge in [0.05, 0.1) is 16.7 Å². The Balaban J connectivity index is 2.18. The van der Waals surface area contributed by atoms with Crippen LogP contribution >= 0.6 is 0 Å². The summed E-state index contributed by atoms with van der Waals surface area (Å²) in [5.41, 5.74) is -0.270. The normalized spacial score (nSPS) is 14.4. The van der Waals surface area contributed by atoms with Crippen LogP contribution in [0, 0.1) is 15.9 Å². The Hall–Kier alpha value is -2.18. The summed E-state index contributed by atoms with van der Waals surface area (Å²) in [5, 5.41) is 13.9. The number of unbranched alkanes of at least 4 members (excludes halogenated alkanes) is 3. The molecular formula is C18H26FN3O3. The Morgan fingerprint density at radius 3 is 2.60 bits per heavy atom. The largest absolute Gasteiger partial charge is 0.369 e. The molecule has 1 fully saturated rings. The molecule has 6 nitrogen and oxygen atoms in total. The molecule has 25 heavy (non-hydrogen) atoms. The second-order valence-corrected chi connectivity index (χ2v) is 6.44. The van der Waals surface area contributed by atoms with Crippen LogP contribution in [0.4, 0.5) is 15.8 Å². The van der Waals surface area contributed by atoms with Gasteiger partial charge < -0.3 is 10.2 Å². The number of anilines is 1. The van der Waals surface area contributed by atoms with Crippen molar-refractivity contribution in [3.05, 3.63) is 33.6 Å². The molecule has 138 valence electrons. The maximum absolute atomic E-state index is 14.4. The number of rotatable bonds is 8. The first kappa shape index (κ1) is 19.1. The third-order valence-corrected chi connectivity index (χ3v) is 4.52. The number of carbonyl (C=O) groups excluding carboxylic acids is 1. The van der Waals surface area contributed by atoms with E-state index in [1.165, 1.54) is 6.07 Å². The molecule has 1 heterocycles. The van der Waals surface area contributed by atoms with Crippen molar-refractivity contribution in [3.8, 4) is 0 Å². The van der Waals surface area contributed by atoms with E-state index in [0.29, 0.717) is 19.6 Å². The van der Waals surface area contributed by atoms with Gasteiger partial charge in [-0.05, 0) is 31.7 Å². The first-order chi connectivity index (χ1) is 12.0. The van der Waals surface area contributed by atoms with Crippen LogP contribution in [0.1, 0.15) is 62.2 Å². The Morgan fingerprint density at radius 2 is 1.96 bits per heavy atom. The van der Waals surface area contributed by atoms with Gasteiger partial charge in [-0.2, -0.15) is 0 Å². The third kappa shape index (κ3) is 5.14. The molecule has 1 amide bonds. The number of hydrogen-bond acceptors (Lipinski definition) is 4. The fraction of sp³-hybridized carbons (Fsp3) is 0.611. The van der Waals surface area contributed by atoms with Gasteiger partial charge in [-0.3, -0.25) is 14.9 Å². The molecule has 0 unspecified atom stereocenters. The van der Waals surface area contributed by atoms with Crippen molar-refractivity contribution in [2.24, 2.45) is 0 Å². The van der Waals surface area contributed by atoms with Crippen molar-refractivity contribution in [1.82, 2.24) is 5.32 Å². The fourth-order valence-electron chi connectivity index (χ4n) is 3.11. The lowest BCUT2D eigenvalue weighted by Gasteiger charge is -2.29. The summed E-state index contributed by atoms with van der Waals surface area (Å²) in [6.45, 7) is 3.97. The smallest absolute Gasteiger partial charge is 0.285 e. The van der Waals surface area contributed by atoms with E-state index in [1.54, 1.807) is 0 Å². The first-order valence-corrected chi connectivity index (χ1v) is 9.05. The van der Waals surface area contributed by atoms with Gasteiger partial charge in [-0.15, -0.1) is 0 Å². The summed E-state index contributed by atoms with van der Waals surface area (Å²) in [7, 11) is 0. The van der Waals surface area contributed by atoms with E-state index in [-0.39, 0.29) is 11.3 Å². The lowest BCUT2D eigenvalue weighted by molar-refractivity contribution is -0.385. The second kappa shape index (κ2) is 9.34. The number of nitrogens with zero attached hydrogens (tertiary/aromatic N) is 2. The monoisotopic (exact) mass is 351 g/mol. The van der Waals surface area contributed by atoms with E-state index >= 15 is 0 Å². The van der Waals surface area contributed by atoms with E-state index in [4.69, 9.17) is 0 Å². The van der Waals surface area contributed by atoms with Crippen LogP contribution < -0.4 is 10.2 Å². The molecule has 1 aliphatic heterocycles. The predicted octanol–water partition coefficient (Wildman–Crippen LogP) is 4.03. The Labute approximate surface area is 147 Å². The minimum absolute atomic E-state index is 0.0672. The Bertz CT molecular complexity index is 616. The van der Waals surface area contributed by atoms with Gasteiger partial charge >= 0.3 is 0 Å². The maximum atomic E-state index is 14.4. The summed E-state index contributed by atoms with van der Waals surface area (Å²) >= 11 is 0. The Morgan fingerprint density at radius 1 is 1.24 bits per heavy atom. The molecule has 0 aliphatic carbocycles. The Kier molecular flexibility index (Phi) is 7.16.